The second kappa shape index (κ2) is 4.60. The van der Waals surface area contributed by atoms with E-state index in [2.05, 4.69) is 4.98 Å². The summed E-state index contributed by atoms with van der Waals surface area (Å²) in [4.78, 5) is 15.8. The topological polar surface area (TPSA) is 67.3 Å². The van der Waals surface area contributed by atoms with Gasteiger partial charge in [0.05, 0.1) is 0 Å². The largest absolute Gasteiger partial charge is 0.434 e. The molecule has 1 aromatic heterocycles. The molecule has 1 aliphatic heterocycles. The molecular formula is C8H6ClF3N2O3S2. The van der Waals surface area contributed by atoms with E-state index < -0.39 is 32.1 Å². The molecule has 0 spiro atoms. The highest BCUT2D eigenvalue weighted by Crippen LogP contribution is 2.35. The summed E-state index contributed by atoms with van der Waals surface area (Å²) in [6, 6.07) is 0. The molecule has 0 saturated carbocycles. The summed E-state index contributed by atoms with van der Waals surface area (Å²) in [5, 5.41) is -0.537. The van der Waals surface area contributed by atoms with Crippen molar-refractivity contribution in [2.75, 3.05) is 11.4 Å². The van der Waals surface area contributed by atoms with Gasteiger partial charge >= 0.3 is 6.18 Å². The fraction of sp³-hybridized carbons (Fsp3) is 0.500. The minimum absolute atomic E-state index is 0.180. The first-order valence-electron chi connectivity index (χ1n) is 4.85. The minimum atomic E-state index is -4.60. The molecule has 2 heterocycles. The van der Waals surface area contributed by atoms with Gasteiger partial charge in [-0.3, -0.25) is 9.69 Å². The van der Waals surface area contributed by atoms with Gasteiger partial charge in [0.2, 0.25) is 15.0 Å². The molecule has 106 valence electrons. The fourth-order valence-corrected chi connectivity index (χ4v) is 3.45. The highest BCUT2D eigenvalue weighted by Gasteiger charge is 2.40. The standard InChI is InChI=1S/C8H6ClF3N2O3S2/c9-19(16,17)4-1-6(15)14(2-4)7-13-5(3-18-7)8(10,11)12/h3-4H,1-2H2. The first kappa shape index (κ1) is 14.5. The summed E-state index contributed by atoms with van der Waals surface area (Å²) < 4.78 is 59.3. The minimum Gasteiger partial charge on any atom is -0.287 e. The molecule has 0 N–H and O–H groups in total. The van der Waals surface area contributed by atoms with Gasteiger partial charge in [0.15, 0.2) is 10.8 Å². The van der Waals surface area contributed by atoms with Crippen LogP contribution < -0.4 is 4.90 Å². The van der Waals surface area contributed by atoms with Crippen LogP contribution in [-0.2, 0) is 20.0 Å². The van der Waals surface area contributed by atoms with Gasteiger partial charge in [-0.15, -0.1) is 11.3 Å². The monoisotopic (exact) mass is 334 g/mol. The van der Waals surface area contributed by atoms with E-state index in [1.807, 2.05) is 0 Å². The van der Waals surface area contributed by atoms with Crippen molar-refractivity contribution in [3.05, 3.63) is 11.1 Å². The summed E-state index contributed by atoms with van der Waals surface area (Å²) in [7, 11) is 1.20. The molecule has 0 bridgehead atoms. The first-order valence-corrected chi connectivity index (χ1v) is 8.11. The molecule has 1 aromatic rings. The van der Waals surface area contributed by atoms with Gasteiger partial charge in [0.1, 0.15) is 5.25 Å². The predicted molar refractivity (Wildman–Crippen MR) is 62.6 cm³/mol. The van der Waals surface area contributed by atoms with Gasteiger partial charge in [0.25, 0.3) is 0 Å². The maximum atomic E-state index is 12.4. The second-order valence-corrected chi connectivity index (χ2v) is 7.56. The van der Waals surface area contributed by atoms with Crippen molar-refractivity contribution < 1.29 is 26.4 Å². The Morgan fingerprint density at radius 3 is 2.53 bits per heavy atom. The Morgan fingerprint density at radius 1 is 1.47 bits per heavy atom. The van der Waals surface area contributed by atoms with E-state index in [1.165, 1.54) is 0 Å². The third-order valence-corrected chi connectivity index (χ3v) is 5.23. The molecule has 1 amide bonds. The van der Waals surface area contributed by atoms with Crippen molar-refractivity contribution in [2.24, 2.45) is 0 Å². The summed E-state index contributed by atoms with van der Waals surface area (Å²) >= 11 is 0.626. The van der Waals surface area contributed by atoms with E-state index in [0.29, 0.717) is 11.3 Å². The molecule has 1 fully saturated rings. The molecule has 1 aliphatic rings. The molecule has 1 unspecified atom stereocenters. The van der Waals surface area contributed by atoms with Crippen molar-refractivity contribution >= 4 is 42.1 Å². The number of aromatic nitrogens is 1. The quantitative estimate of drug-likeness (QED) is 0.774. The van der Waals surface area contributed by atoms with Crippen LogP contribution in [-0.4, -0.2) is 31.1 Å². The maximum absolute atomic E-state index is 12.4. The highest BCUT2D eigenvalue weighted by atomic mass is 35.7. The van der Waals surface area contributed by atoms with Gasteiger partial charge in [-0.2, -0.15) is 13.2 Å². The number of hydrogen-bond acceptors (Lipinski definition) is 5. The van der Waals surface area contributed by atoms with E-state index >= 15 is 0 Å². The molecule has 0 aromatic carbocycles. The lowest BCUT2D eigenvalue weighted by Gasteiger charge is -2.11. The highest BCUT2D eigenvalue weighted by molar-refractivity contribution is 8.14. The maximum Gasteiger partial charge on any atom is 0.434 e. The molecule has 2 rings (SSSR count). The number of anilines is 1. The third kappa shape index (κ3) is 3.00. The van der Waals surface area contributed by atoms with Crippen LogP contribution in [0.1, 0.15) is 12.1 Å². The van der Waals surface area contributed by atoms with Crippen LogP contribution in [0.15, 0.2) is 5.38 Å². The number of carbonyl (C=O) groups is 1. The van der Waals surface area contributed by atoms with Gasteiger partial charge in [-0.25, -0.2) is 13.4 Å². The zero-order chi connectivity index (χ0) is 14.4. The average Bonchev–Trinajstić information content (AvgIpc) is 2.80. The zero-order valence-electron chi connectivity index (χ0n) is 9.02. The Hall–Kier alpha value is -0.870. The van der Waals surface area contributed by atoms with Crippen LogP contribution >= 0.6 is 22.0 Å². The summed E-state index contributed by atoms with van der Waals surface area (Å²) in [6.07, 6.45) is -4.96. The first-order chi connectivity index (χ1) is 8.59. The Labute approximate surface area is 114 Å². The summed E-state index contributed by atoms with van der Waals surface area (Å²) in [5.41, 5.74) is -1.11. The molecular weight excluding hydrogens is 329 g/mol. The predicted octanol–water partition coefficient (Wildman–Crippen LogP) is 1.84. The van der Waals surface area contributed by atoms with Crippen LogP contribution in [0.2, 0.25) is 0 Å². The Balaban J connectivity index is 2.24. The van der Waals surface area contributed by atoms with Crippen molar-refractivity contribution in [3.8, 4) is 0 Å². The number of halogens is 4. The van der Waals surface area contributed by atoms with Gasteiger partial charge in [-0.1, -0.05) is 0 Å². The lowest BCUT2D eigenvalue weighted by atomic mass is 10.4. The van der Waals surface area contributed by atoms with Gasteiger partial charge in [0, 0.05) is 29.0 Å². The van der Waals surface area contributed by atoms with E-state index in [9.17, 15) is 26.4 Å². The van der Waals surface area contributed by atoms with E-state index in [1.54, 1.807) is 0 Å². The number of carbonyl (C=O) groups excluding carboxylic acids is 1. The molecule has 1 atom stereocenters. The Bertz CT molecular complexity index is 613. The third-order valence-electron chi connectivity index (χ3n) is 2.50. The number of alkyl halides is 3. The molecule has 11 heteroatoms. The SMILES string of the molecule is O=C1CC(S(=O)(=O)Cl)CN1c1nc(C(F)(F)F)cs1. The molecule has 5 nitrogen and oxygen atoms in total. The van der Waals surface area contributed by atoms with Crippen molar-refractivity contribution in [1.29, 1.82) is 0 Å². The van der Waals surface area contributed by atoms with Crippen LogP contribution in [0.4, 0.5) is 18.3 Å². The summed E-state index contributed by atoms with van der Waals surface area (Å²) in [5.74, 6) is -0.614. The lowest BCUT2D eigenvalue weighted by Crippen LogP contribution is -2.26. The van der Waals surface area contributed by atoms with Crippen LogP contribution in [0.25, 0.3) is 0 Å². The molecule has 0 aliphatic carbocycles. The van der Waals surface area contributed by atoms with E-state index in [-0.39, 0.29) is 18.1 Å². The van der Waals surface area contributed by atoms with Crippen LogP contribution in [0.3, 0.4) is 0 Å². The van der Waals surface area contributed by atoms with E-state index in [4.69, 9.17) is 10.7 Å². The van der Waals surface area contributed by atoms with Crippen molar-refractivity contribution in [3.63, 3.8) is 0 Å². The normalized spacial score (nSPS) is 21.2. The number of nitrogens with zero attached hydrogens (tertiary/aromatic N) is 2. The molecule has 19 heavy (non-hydrogen) atoms. The Morgan fingerprint density at radius 2 is 2.11 bits per heavy atom. The fourth-order valence-electron chi connectivity index (χ4n) is 1.57. The molecule has 1 saturated heterocycles. The average molecular weight is 335 g/mol. The zero-order valence-corrected chi connectivity index (χ0v) is 11.4. The number of thiazole rings is 1. The smallest absolute Gasteiger partial charge is 0.287 e. The number of rotatable bonds is 2. The summed E-state index contributed by atoms with van der Waals surface area (Å²) in [6.45, 7) is -0.282. The van der Waals surface area contributed by atoms with Crippen LogP contribution in [0, 0.1) is 0 Å². The lowest BCUT2D eigenvalue weighted by molar-refractivity contribution is -0.140. The van der Waals surface area contributed by atoms with Crippen molar-refractivity contribution in [2.45, 2.75) is 17.8 Å². The van der Waals surface area contributed by atoms with Gasteiger partial charge in [-0.05, 0) is 0 Å². The molecule has 0 radical (unpaired) electrons. The number of amides is 1. The van der Waals surface area contributed by atoms with Gasteiger partial charge < -0.3 is 0 Å². The van der Waals surface area contributed by atoms with Crippen LogP contribution in [0.5, 0.6) is 0 Å². The Kier molecular flexibility index (Phi) is 3.52. The van der Waals surface area contributed by atoms with E-state index in [0.717, 1.165) is 10.3 Å². The second-order valence-electron chi connectivity index (χ2n) is 3.82. The van der Waals surface area contributed by atoms with Crippen molar-refractivity contribution in [1.82, 2.24) is 4.98 Å². The number of hydrogen-bond donors (Lipinski definition) is 0.